The highest BCUT2D eigenvalue weighted by Gasteiger charge is 2.12. The van der Waals surface area contributed by atoms with Gasteiger partial charge in [0.1, 0.15) is 19.3 Å². The Balaban J connectivity index is 3.56. The fourth-order valence-electron chi connectivity index (χ4n) is 6.23. The molecule has 6 heteroatoms. The summed E-state index contributed by atoms with van der Waals surface area (Å²) in [6.45, 7) is 6.47. The van der Waals surface area contributed by atoms with Crippen LogP contribution in [0.25, 0.3) is 0 Å². The van der Waals surface area contributed by atoms with Gasteiger partial charge in [-0.1, -0.05) is 216 Å². The lowest BCUT2D eigenvalue weighted by molar-refractivity contribution is -0.152. The summed E-state index contributed by atoms with van der Waals surface area (Å²) in [4.78, 5) is 24.0. The Hall–Kier alpha value is -2.70. The molecule has 0 aromatic rings. The van der Waals surface area contributed by atoms with Gasteiger partial charge < -0.3 is 19.7 Å². The number of rotatable bonds is 40. The fourth-order valence-corrected chi connectivity index (χ4v) is 6.23. The summed E-state index contributed by atoms with van der Waals surface area (Å²) in [5.74, 6) is 0.222. The zero-order valence-corrected chi connectivity index (χ0v) is 36.4. The van der Waals surface area contributed by atoms with Gasteiger partial charge in [0.25, 0.3) is 0 Å². The summed E-state index contributed by atoms with van der Waals surface area (Å²) >= 11 is 0. The first-order valence-corrected chi connectivity index (χ1v) is 23.0. The largest absolute Gasteiger partial charge is 0.463 e. The van der Waals surface area contributed by atoms with Crippen molar-refractivity contribution in [1.82, 2.24) is 0 Å². The molecule has 0 aromatic carbocycles. The summed E-state index contributed by atoms with van der Waals surface area (Å²) in [6, 6.07) is 0. The minimum Gasteiger partial charge on any atom is -0.463 e. The first kappa shape index (κ1) is 53.3. The maximum atomic E-state index is 12.0. The van der Waals surface area contributed by atoms with E-state index in [9.17, 15) is 19.8 Å². The van der Waals surface area contributed by atoms with Crippen molar-refractivity contribution in [2.45, 2.75) is 213 Å². The molecule has 0 heterocycles. The van der Waals surface area contributed by atoms with Gasteiger partial charge in [-0.05, 0) is 50.9 Å². The van der Waals surface area contributed by atoms with E-state index in [4.69, 9.17) is 9.47 Å². The minimum atomic E-state index is -1.01. The van der Waals surface area contributed by atoms with Crippen LogP contribution < -0.4 is 0 Å². The van der Waals surface area contributed by atoms with Crippen molar-refractivity contribution in [2.75, 3.05) is 13.2 Å². The van der Waals surface area contributed by atoms with Gasteiger partial charge in [-0.3, -0.25) is 9.59 Å². The lowest BCUT2D eigenvalue weighted by Crippen LogP contribution is -2.25. The molecule has 56 heavy (non-hydrogen) atoms. The molecule has 2 N–H and O–H groups in total. The second-order valence-electron chi connectivity index (χ2n) is 15.6. The average molecular weight is 783 g/mol. The Morgan fingerprint density at radius 2 is 0.964 bits per heavy atom. The summed E-state index contributed by atoms with van der Waals surface area (Å²) in [6.07, 6.45) is 54.3. The van der Waals surface area contributed by atoms with E-state index in [1.165, 1.54) is 109 Å². The number of aliphatic hydroxyl groups excluding tert-OH is 2. The summed E-state index contributed by atoms with van der Waals surface area (Å²) in [7, 11) is 0. The topological polar surface area (TPSA) is 93.1 Å². The van der Waals surface area contributed by atoms with Crippen LogP contribution in [0.1, 0.15) is 201 Å². The van der Waals surface area contributed by atoms with Crippen molar-refractivity contribution in [2.24, 2.45) is 5.92 Å². The van der Waals surface area contributed by atoms with Gasteiger partial charge >= 0.3 is 11.9 Å². The van der Waals surface area contributed by atoms with Gasteiger partial charge in [-0.25, -0.2) is 0 Å². The molecular formula is C50H86O6. The third-order valence-corrected chi connectivity index (χ3v) is 10.1. The van der Waals surface area contributed by atoms with E-state index in [1.807, 2.05) is 36.5 Å². The van der Waals surface area contributed by atoms with Crippen LogP contribution in [-0.4, -0.2) is 47.6 Å². The van der Waals surface area contributed by atoms with E-state index in [0.717, 1.165) is 50.9 Å². The fraction of sp³-hybridized carbons (Fsp3) is 0.720. The number of unbranched alkanes of at least 4 members (excludes halogenated alkanes) is 17. The van der Waals surface area contributed by atoms with E-state index >= 15 is 0 Å². The van der Waals surface area contributed by atoms with Crippen LogP contribution in [0, 0.1) is 5.92 Å². The molecule has 0 aromatic heterocycles. The number of aliphatic hydroxyl groups is 2. The van der Waals surface area contributed by atoms with Crippen LogP contribution in [0.5, 0.6) is 0 Å². The van der Waals surface area contributed by atoms with E-state index in [-0.39, 0.29) is 31.6 Å². The Labute approximate surface area is 345 Å². The number of allylic oxidation sites excluding steroid dienone is 10. The minimum absolute atomic E-state index is 0.153. The monoisotopic (exact) mass is 783 g/mol. The molecule has 0 saturated heterocycles. The number of carbonyl (C=O) groups excluding carboxylic acids is 2. The smallest absolute Gasteiger partial charge is 0.306 e. The third-order valence-electron chi connectivity index (χ3n) is 10.1. The van der Waals surface area contributed by atoms with Crippen molar-refractivity contribution in [3.8, 4) is 0 Å². The van der Waals surface area contributed by atoms with Crippen molar-refractivity contribution in [1.29, 1.82) is 0 Å². The molecule has 0 aliphatic heterocycles. The van der Waals surface area contributed by atoms with Gasteiger partial charge in [0, 0.05) is 12.8 Å². The molecule has 0 aliphatic rings. The summed E-state index contributed by atoms with van der Waals surface area (Å²) in [5.41, 5.74) is 0. The van der Waals surface area contributed by atoms with Crippen molar-refractivity contribution >= 4 is 11.9 Å². The van der Waals surface area contributed by atoms with Gasteiger partial charge in [-0.15, -0.1) is 0 Å². The molecule has 0 bridgehead atoms. The zero-order chi connectivity index (χ0) is 41.0. The molecule has 3 atom stereocenters. The standard InChI is InChI=1S/C50H86O6/c1-4-6-7-8-30-35-40-47(51)41-36-31-26-22-19-20-24-28-33-38-43-50(54)56-45-48(52)44-55-49(53)42-37-32-27-23-18-16-14-12-10-9-11-13-15-17-21-25-29-34-39-46(3)5-2/h6-7,19-20,26,28,30-31,33,35-36,41,46-48,51-52H,4-5,8-18,21-25,27,29,32,34,37-40,42-45H2,1-3H3/b7-6-,20-19-,31-26-,33-28-,35-30-,41-36+/t46?,47?,48-/m0/s1. The van der Waals surface area contributed by atoms with Gasteiger partial charge in [0.15, 0.2) is 0 Å². The Morgan fingerprint density at radius 3 is 1.50 bits per heavy atom. The van der Waals surface area contributed by atoms with Crippen LogP contribution in [-0.2, 0) is 19.1 Å². The quantitative estimate of drug-likeness (QED) is 0.0278. The highest BCUT2D eigenvalue weighted by atomic mass is 16.6. The SMILES string of the molecule is CC/C=C\C/C=C\CC(O)/C=C/C=C\C/C=C\C/C=C\CCC(=O)OC[C@@H](O)COC(=O)CCCCCCCCCCCCCCCCCCCCC(C)CC. The van der Waals surface area contributed by atoms with Gasteiger partial charge in [0.05, 0.1) is 6.10 Å². The molecule has 0 rings (SSSR count). The van der Waals surface area contributed by atoms with Crippen LogP contribution in [0.4, 0.5) is 0 Å². The Morgan fingerprint density at radius 1 is 0.518 bits per heavy atom. The lowest BCUT2D eigenvalue weighted by atomic mass is 9.99. The van der Waals surface area contributed by atoms with Crippen molar-refractivity contribution in [3.63, 3.8) is 0 Å². The molecule has 6 nitrogen and oxygen atoms in total. The van der Waals surface area contributed by atoms with Gasteiger partial charge in [0.2, 0.25) is 0 Å². The average Bonchev–Trinajstić information content (AvgIpc) is 3.19. The lowest BCUT2D eigenvalue weighted by Gasteiger charge is -2.12. The maximum absolute atomic E-state index is 12.0. The molecule has 0 fully saturated rings. The molecule has 0 radical (unpaired) electrons. The molecule has 0 amide bonds. The van der Waals surface area contributed by atoms with E-state index in [2.05, 4.69) is 51.2 Å². The van der Waals surface area contributed by atoms with Crippen LogP contribution in [0.15, 0.2) is 72.9 Å². The predicted octanol–water partition coefficient (Wildman–Crippen LogP) is 13.7. The Kier molecular flexibility index (Phi) is 41.3. The van der Waals surface area contributed by atoms with Crippen molar-refractivity contribution in [3.05, 3.63) is 72.9 Å². The molecule has 0 aliphatic carbocycles. The number of carbonyl (C=O) groups is 2. The van der Waals surface area contributed by atoms with Crippen LogP contribution in [0.2, 0.25) is 0 Å². The molecule has 0 saturated carbocycles. The number of esters is 2. The van der Waals surface area contributed by atoms with Crippen LogP contribution >= 0.6 is 0 Å². The second kappa shape index (κ2) is 43.4. The first-order valence-electron chi connectivity index (χ1n) is 23.0. The van der Waals surface area contributed by atoms with E-state index in [1.54, 1.807) is 6.08 Å². The number of hydrogen-bond acceptors (Lipinski definition) is 6. The molecule has 322 valence electrons. The number of ether oxygens (including phenoxy) is 2. The van der Waals surface area contributed by atoms with Crippen LogP contribution in [0.3, 0.4) is 0 Å². The predicted molar refractivity (Wildman–Crippen MR) is 239 cm³/mol. The maximum Gasteiger partial charge on any atom is 0.306 e. The second-order valence-corrected chi connectivity index (χ2v) is 15.6. The van der Waals surface area contributed by atoms with Gasteiger partial charge in [-0.2, -0.15) is 0 Å². The normalized spacial score (nSPS) is 14.0. The van der Waals surface area contributed by atoms with E-state index < -0.39 is 12.2 Å². The molecular weight excluding hydrogens is 697 g/mol. The van der Waals surface area contributed by atoms with E-state index in [0.29, 0.717) is 19.3 Å². The Bertz CT molecular complexity index is 1050. The first-order chi connectivity index (χ1) is 27.4. The highest BCUT2D eigenvalue weighted by Crippen LogP contribution is 2.17. The number of hydrogen-bond donors (Lipinski definition) is 2. The molecule has 0 spiro atoms. The highest BCUT2D eigenvalue weighted by molar-refractivity contribution is 5.70. The summed E-state index contributed by atoms with van der Waals surface area (Å²) < 4.78 is 10.3. The summed E-state index contributed by atoms with van der Waals surface area (Å²) in [5, 5.41) is 20.0. The zero-order valence-electron chi connectivity index (χ0n) is 36.4. The molecule has 2 unspecified atom stereocenters. The third kappa shape index (κ3) is 42.4. The van der Waals surface area contributed by atoms with Crippen molar-refractivity contribution < 1.29 is 29.3 Å².